The van der Waals surface area contributed by atoms with Gasteiger partial charge in [-0.2, -0.15) is 5.10 Å². The SMILES string of the molecule is CCCCCc1ccc(OCC(=O)NN=Cc2ccccc2OC(=O)CC)cc1. The second kappa shape index (κ2) is 12.3. The molecule has 0 bridgehead atoms. The molecule has 0 fully saturated rings. The molecule has 0 heterocycles. The smallest absolute Gasteiger partial charge is 0.310 e. The lowest BCUT2D eigenvalue weighted by atomic mass is 10.1. The molecular weight excluding hydrogens is 368 g/mol. The minimum atomic E-state index is -0.378. The van der Waals surface area contributed by atoms with Crippen LogP contribution >= 0.6 is 0 Å². The second-order valence-electron chi connectivity index (χ2n) is 6.55. The topological polar surface area (TPSA) is 77.0 Å². The molecule has 0 spiro atoms. The number of hydrazone groups is 1. The number of benzene rings is 2. The summed E-state index contributed by atoms with van der Waals surface area (Å²) < 4.78 is 10.7. The third-order valence-corrected chi connectivity index (χ3v) is 4.19. The van der Waals surface area contributed by atoms with Crippen molar-refractivity contribution >= 4 is 18.1 Å². The van der Waals surface area contributed by atoms with Gasteiger partial charge >= 0.3 is 5.97 Å². The summed E-state index contributed by atoms with van der Waals surface area (Å²) in [7, 11) is 0. The highest BCUT2D eigenvalue weighted by Crippen LogP contribution is 2.16. The first-order chi connectivity index (χ1) is 14.1. The van der Waals surface area contributed by atoms with E-state index < -0.39 is 0 Å². The number of esters is 1. The molecule has 29 heavy (non-hydrogen) atoms. The fourth-order valence-electron chi connectivity index (χ4n) is 2.56. The van der Waals surface area contributed by atoms with Crippen molar-refractivity contribution in [1.29, 1.82) is 0 Å². The Balaban J connectivity index is 1.79. The van der Waals surface area contributed by atoms with Gasteiger partial charge in [-0.15, -0.1) is 0 Å². The molecule has 6 nitrogen and oxygen atoms in total. The van der Waals surface area contributed by atoms with Crippen LogP contribution in [0.15, 0.2) is 53.6 Å². The number of unbranched alkanes of at least 4 members (excludes halogenated alkanes) is 2. The summed E-state index contributed by atoms with van der Waals surface area (Å²) in [6, 6.07) is 14.8. The van der Waals surface area contributed by atoms with Gasteiger partial charge in [0, 0.05) is 12.0 Å². The number of ether oxygens (including phenoxy) is 2. The number of amides is 1. The third kappa shape index (κ3) is 8.17. The van der Waals surface area contributed by atoms with Crippen molar-refractivity contribution in [3.63, 3.8) is 0 Å². The van der Waals surface area contributed by atoms with E-state index in [0.29, 0.717) is 17.1 Å². The molecule has 2 aromatic rings. The third-order valence-electron chi connectivity index (χ3n) is 4.19. The molecule has 0 saturated heterocycles. The largest absolute Gasteiger partial charge is 0.484 e. The van der Waals surface area contributed by atoms with Crippen molar-refractivity contribution in [3.05, 3.63) is 59.7 Å². The monoisotopic (exact) mass is 396 g/mol. The minimum absolute atomic E-state index is 0.140. The Morgan fingerprint density at radius 1 is 1.03 bits per heavy atom. The Hall–Kier alpha value is -3.15. The number of rotatable bonds is 11. The van der Waals surface area contributed by atoms with Gasteiger partial charge in [-0.3, -0.25) is 9.59 Å². The van der Waals surface area contributed by atoms with Gasteiger partial charge in [0.1, 0.15) is 11.5 Å². The molecule has 1 amide bonds. The van der Waals surface area contributed by atoms with Gasteiger partial charge in [0.25, 0.3) is 5.91 Å². The summed E-state index contributed by atoms with van der Waals surface area (Å²) in [6.45, 7) is 3.77. The predicted octanol–water partition coefficient (Wildman–Crippen LogP) is 4.26. The summed E-state index contributed by atoms with van der Waals surface area (Å²) >= 11 is 0. The van der Waals surface area contributed by atoms with Gasteiger partial charge in [0.2, 0.25) is 0 Å². The van der Waals surface area contributed by atoms with Gasteiger partial charge in [-0.05, 0) is 42.7 Å². The summed E-state index contributed by atoms with van der Waals surface area (Å²) in [5.41, 5.74) is 4.26. The summed E-state index contributed by atoms with van der Waals surface area (Å²) in [4.78, 5) is 23.4. The maximum absolute atomic E-state index is 11.9. The normalized spacial score (nSPS) is 10.7. The Morgan fingerprint density at radius 2 is 1.79 bits per heavy atom. The quantitative estimate of drug-likeness (QED) is 0.202. The first kappa shape index (κ1) is 22.1. The number of carbonyl (C=O) groups is 2. The average Bonchev–Trinajstić information content (AvgIpc) is 2.74. The van der Waals surface area contributed by atoms with Crippen molar-refractivity contribution in [1.82, 2.24) is 5.43 Å². The van der Waals surface area contributed by atoms with Crippen molar-refractivity contribution in [2.45, 2.75) is 46.0 Å². The van der Waals surface area contributed by atoms with Crippen molar-refractivity contribution in [2.24, 2.45) is 5.10 Å². The zero-order chi connectivity index (χ0) is 20.9. The fraction of sp³-hybridized carbons (Fsp3) is 0.348. The first-order valence-electron chi connectivity index (χ1n) is 9.95. The molecule has 2 rings (SSSR count). The highest BCUT2D eigenvalue weighted by molar-refractivity contribution is 5.87. The minimum Gasteiger partial charge on any atom is -0.484 e. The molecule has 0 aromatic heterocycles. The zero-order valence-electron chi connectivity index (χ0n) is 17.0. The number of nitrogens with one attached hydrogen (secondary N) is 1. The summed E-state index contributed by atoms with van der Waals surface area (Å²) in [5, 5.41) is 3.91. The summed E-state index contributed by atoms with van der Waals surface area (Å²) in [6.07, 6.45) is 6.37. The number of para-hydroxylation sites is 1. The van der Waals surface area contributed by atoms with Crippen LogP contribution in [0.2, 0.25) is 0 Å². The van der Waals surface area contributed by atoms with Gasteiger partial charge < -0.3 is 9.47 Å². The van der Waals surface area contributed by atoms with Crippen molar-refractivity contribution < 1.29 is 19.1 Å². The van der Waals surface area contributed by atoms with Gasteiger partial charge in [0.15, 0.2) is 6.61 Å². The summed E-state index contributed by atoms with van der Waals surface area (Å²) in [5.74, 6) is 0.323. The van der Waals surface area contributed by atoms with E-state index in [0.717, 1.165) is 6.42 Å². The number of hydrogen-bond acceptors (Lipinski definition) is 5. The fourth-order valence-corrected chi connectivity index (χ4v) is 2.56. The zero-order valence-corrected chi connectivity index (χ0v) is 17.0. The maximum atomic E-state index is 11.9. The van der Waals surface area contributed by atoms with Crippen molar-refractivity contribution in [2.75, 3.05) is 6.61 Å². The average molecular weight is 396 g/mol. The predicted molar refractivity (Wildman–Crippen MR) is 113 cm³/mol. The number of aryl methyl sites for hydroxylation is 1. The molecule has 0 radical (unpaired) electrons. The second-order valence-corrected chi connectivity index (χ2v) is 6.55. The van der Waals surface area contributed by atoms with E-state index in [9.17, 15) is 9.59 Å². The van der Waals surface area contributed by atoms with Crippen LogP contribution in [-0.4, -0.2) is 24.7 Å². The lowest BCUT2D eigenvalue weighted by Crippen LogP contribution is -2.24. The Kier molecular flexibility index (Phi) is 9.42. The van der Waals surface area contributed by atoms with E-state index in [1.165, 1.54) is 31.0 Å². The molecule has 0 aliphatic rings. The maximum Gasteiger partial charge on any atom is 0.310 e. The Bertz CT molecular complexity index is 816. The van der Waals surface area contributed by atoms with E-state index in [-0.39, 0.29) is 24.9 Å². The molecule has 2 aromatic carbocycles. The van der Waals surface area contributed by atoms with E-state index >= 15 is 0 Å². The molecule has 0 saturated carbocycles. The number of carbonyl (C=O) groups excluding carboxylic acids is 2. The van der Waals surface area contributed by atoms with E-state index in [1.807, 2.05) is 24.3 Å². The number of nitrogens with zero attached hydrogens (tertiary/aromatic N) is 1. The van der Waals surface area contributed by atoms with Crippen LogP contribution in [0.25, 0.3) is 0 Å². The lowest BCUT2D eigenvalue weighted by Gasteiger charge is -2.07. The van der Waals surface area contributed by atoms with Crippen LogP contribution in [0, 0.1) is 0 Å². The molecule has 0 aliphatic carbocycles. The van der Waals surface area contributed by atoms with Gasteiger partial charge in [0.05, 0.1) is 6.21 Å². The highest BCUT2D eigenvalue weighted by atomic mass is 16.5. The Morgan fingerprint density at radius 3 is 2.52 bits per heavy atom. The van der Waals surface area contributed by atoms with Gasteiger partial charge in [-0.1, -0.05) is 51.0 Å². The standard InChI is InChI=1S/C23H28N2O4/c1-3-5-6-9-18-12-14-20(15-13-18)28-17-22(26)25-24-16-19-10-7-8-11-21(19)29-23(27)4-2/h7-8,10-16H,3-6,9,17H2,1-2H3,(H,25,26). The van der Waals surface area contributed by atoms with Gasteiger partial charge in [-0.25, -0.2) is 5.43 Å². The first-order valence-corrected chi connectivity index (χ1v) is 9.95. The van der Waals surface area contributed by atoms with E-state index in [1.54, 1.807) is 31.2 Å². The van der Waals surface area contributed by atoms with E-state index in [2.05, 4.69) is 17.5 Å². The molecule has 154 valence electrons. The Labute approximate surface area is 171 Å². The van der Waals surface area contributed by atoms with Crippen molar-refractivity contribution in [3.8, 4) is 11.5 Å². The van der Waals surface area contributed by atoms with Crippen LogP contribution in [-0.2, 0) is 16.0 Å². The molecule has 1 N–H and O–H groups in total. The van der Waals surface area contributed by atoms with Crippen LogP contribution in [0.1, 0.15) is 50.7 Å². The number of hydrogen-bond donors (Lipinski definition) is 1. The lowest BCUT2D eigenvalue weighted by molar-refractivity contribution is -0.134. The van der Waals surface area contributed by atoms with Crippen LogP contribution in [0.4, 0.5) is 0 Å². The van der Waals surface area contributed by atoms with Crippen LogP contribution < -0.4 is 14.9 Å². The molecule has 6 heteroatoms. The van der Waals surface area contributed by atoms with E-state index in [4.69, 9.17) is 9.47 Å². The highest BCUT2D eigenvalue weighted by Gasteiger charge is 2.06. The molecule has 0 atom stereocenters. The van der Waals surface area contributed by atoms with Crippen LogP contribution in [0.3, 0.4) is 0 Å². The molecule has 0 aliphatic heterocycles. The molecule has 0 unspecified atom stereocenters. The molecular formula is C23H28N2O4. The van der Waals surface area contributed by atoms with Crippen LogP contribution in [0.5, 0.6) is 11.5 Å².